The van der Waals surface area contributed by atoms with E-state index in [9.17, 15) is 9.59 Å². The van der Waals surface area contributed by atoms with Gasteiger partial charge in [0.1, 0.15) is 12.1 Å². The standard InChI is InChI=1S/C12H16N2O3.C2H6O/c1-2-3-6-11(15)14-8-4-5-10(14)12(16)17-9-7-13;1-2-3/h2,10H,1,3-6,8-9H2;3H,2H2,1H3. The van der Waals surface area contributed by atoms with Crippen LogP contribution in [0.3, 0.4) is 0 Å². The summed E-state index contributed by atoms with van der Waals surface area (Å²) >= 11 is 0. The summed E-state index contributed by atoms with van der Waals surface area (Å²) in [5.74, 6) is -0.530. The topological polar surface area (TPSA) is 90.6 Å². The first kappa shape index (κ1) is 18.1. The van der Waals surface area contributed by atoms with E-state index in [1.807, 2.05) is 0 Å². The number of amides is 1. The molecule has 0 aromatic rings. The van der Waals surface area contributed by atoms with Gasteiger partial charge in [-0.1, -0.05) is 6.08 Å². The highest BCUT2D eigenvalue weighted by molar-refractivity contribution is 5.85. The van der Waals surface area contributed by atoms with Gasteiger partial charge in [0.2, 0.25) is 5.91 Å². The van der Waals surface area contributed by atoms with Crippen LogP contribution < -0.4 is 0 Å². The molecule has 1 aliphatic rings. The Labute approximate surface area is 119 Å². The molecule has 112 valence electrons. The lowest BCUT2D eigenvalue weighted by Crippen LogP contribution is -2.41. The Morgan fingerprint density at radius 2 is 2.25 bits per heavy atom. The van der Waals surface area contributed by atoms with Crippen LogP contribution in [-0.4, -0.2) is 47.7 Å². The fourth-order valence-corrected chi connectivity index (χ4v) is 1.88. The van der Waals surface area contributed by atoms with Crippen LogP contribution in [0, 0.1) is 11.3 Å². The average molecular weight is 282 g/mol. The highest BCUT2D eigenvalue weighted by Gasteiger charge is 2.34. The smallest absolute Gasteiger partial charge is 0.329 e. The summed E-state index contributed by atoms with van der Waals surface area (Å²) in [6.07, 6.45) is 4.06. The van der Waals surface area contributed by atoms with Gasteiger partial charge in [-0.15, -0.1) is 6.58 Å². The molecule has 1 N–H and O–H groups in total. The number of carbonyl (C=O) groups is 2. The lowest BCUT2D eigenvalue weighted by atomic mass is 10.2. The molecule has 0 saturated carbocycles. The lowest BCUT2D eigenvalue weighted by Gasteiger charge is -2.22. The van der Waals surface area contributed by atoms with E-state index in [0.29, 0.717) is 25.8 Å². The molecular weight excluding hydrogens is 260 g/mol. The number of hydrogen-bond acceptors (Lipinski definition) is 5. The number of allylic oxidation sites excluding steroid dienone is 1. The molecule has 6 heteroatoms. The van der Waals surface area contributed by atoms with Crippen molar-refractivity contribution in [3.8, 4) is 6.07 Å². The van der Waals surface area contributed by atoms with Crippen LogP contribution in [-0.2, 0) is 14.3 Å². The number of likely N-dealkylation sites (tertiary alicyclic amines) is 1. The maximum absolute atomic E-state index is 11.8. The zero-order valence-electron chi connectivity index (χ0n) is 11.9. The van der Waals surface area contributed by atoms with Gasteiger partial charge >= 0.3 is 5.97 Å². The van der Waals surface area contributed by atoms with Crippen molar-refractivity contribution < 1.29 is 19.4 Å². The number of ether oxygens (including phenoxy) is 1. The van der Waals surface area contributed by atoms with Crippen molar-refractivity contribution in [1.29, 1.82) is 5.26 Å². The van der Waals surface area contributed by atoms with E-state index in [4.69, 9.17) is 15.1 Å². The molecular formula is C14H22N2O4. The van der Waals surface area contributed by atoms with E-state index in [2.05, 4.69) is 6.58 Å². The SMILES string of the molecule is C=CCCC(=O)N1CCCC1C(=O)OCC#N.CCO. The first-order valence-corrected chi connectivity index (χ1v) is 6.67. The van der Waals surface area contributed by atoms with Crippen LogP contribution in [0.1, 0.15) is 32.6 Å². The van der Waals surface area contributed by atoms with Gasteiger partial charge in [-0.05, 0) is 26.2 Å². The number of nitriles is 1. The number of carbonyl (C=O) groups excluding carboxylic acids is 2. The minimum atomic E-state index is -0.513. The van der Waals surface area contributed by atoms with Gasteiger partial charge < -0.3 is 14.7 Å². The van der Waals surface area contributed by atoms with Gasteiger partial charge in [-0.25, -0.2) is 4.79 Å². The fraction of sp³-hybridized carbons (Fsp3) is 0.643. The van der Waals surface area contributed by atoms with E-state index in [0.717, 1.165) is 6.42 Å². The van der Waals surface area contributed by atoms with Crippen molar-refractivity contribution >= 4 is 11.9 Å². The molecule has 1 fully saturated rings. The maximum atomic E-state index is 11.8. The summed E-state index contributed by atoms with van der Waals surface area (Å²) in [4.78, 5) is 24.9. The number of aliphatic hydroxyl groups excluding tert-OH is 1. The largest absolute Gasteiger partial charge is 0.449 e. The van der Waals surface area contributed by atoms with Crippen molar-refractivity contribution in [3.05, 3.63) is 12.7 Å². The monoisotopic (exact) mass is 282 g/mol. The van der Waals surface area contributed by atoms with Crippen LogP contribution >= 0.6 is 0 Å². The van der Waals surface area contributed by atoms with E-state index in [1.54, 1.807) is 24.0 Å². The quantitative estimate of drug-likeness (QED) is 0.600. The molecule has 1 heterocycles. The zero-order valence-corrected chi connectivity index (χ0v) is 11.9. The predicted molar refractivity (Wildman–Crippen MR) is 73.5 cm³/mol. The molecule has 1 rings (SSSR count). The third kappa shape index (κ3) is 6.34. The minimum Gasteiger partial charge on any atom is -0.449 e. The van der Waals surface area contributed by atoms with E-state index in [1.165, 1.54) is 0 Å². The molecule has 0 aromatic heterocycles. The first-order chi connectivity index (χ1) is 9.62. The maximum Gasteiger partial charge on any atom is 0.329 e. The molecule has 1 atom stereocenters. The summed E-state index contributed by atoms with van der Waals surface area (Å²) in [5, 5.41) is 15.9. The first-order valence-electron chi connectivity index (χ1n) is 6.67. The van der Waals surface area contributed by atoms with E-state index < -0.39 is 12.0 Å². The van der Waals surface area contributed by atoms with Gasteiger partial charge in [-0.3, -0.25) is 4.79 Å². The molecule has 20 heavy (non-hydrogen) atoms. The molecule has 0 aromatic carbocycles. The molecule has 1 unspecified atom stereocenters. The average Bonchev–Trinajstić information content (AvgIpc) is 2.92. The normalized spacial score (nSPS) is 16.6. The van der Waals surface area contributed by atoms with Crippen LogP contribution in [0.25, 0.3) is 0 Å². The van der Waals surface area contributed by atoms with E-state index in [-0.39, 0.29) is 19.1 Å². The van der Waals surface area contributed by atoms with Crippen molar-refractivity contribution in [2.24, 2.45) is 0 Å². The summed E-state index contributed by atoms with van der Waals surface area (Å²) in [7, 11) is 0. The van der Waals surface area contributed by atoms with Gasteiger partial charge in [-0.2, -0.15) is 5.26 Å². The van der Waals surface area contributed by atoms with Gasteiger partial charge in [0.05, 0.1) is 0 Å². The van der Waals surface area contributed by atoms with Crippen LogP contribution in [0.15, 0.2) is 12.7 Å². The summed E-state index contributed by atoms with van der Waals surface area (Å²) < 4.78 is 4.75. The Bertz CT molecular complexity index is 363. The minimum absolute atomic E-state index is 0.0543. The third-order valence-corrected chi connectivity index (χ3v) is 2.69. The van der Waals surface area contributed by atoms with Gasteiger partial charge in [0, 0.05) is 19.6 Å². The molecule has 0 bridgehead atoms. The van der Waals surface area contributed by atoms with Crippen molar-refractivity contribution in [3.63, 3.8) is 0 Å². The molecule has 0 radical (unpaired) electrons. The number of hydrogen-bond donors (Lipinski definition) is 1. The van der Waals surface area contributed by atoms with Crippen molar-refractivity contribution in [2.75, 3.05) is 19.8 Å². The second kappa shape index (κ2) is 11.0. The lowest BCUT2D eigenvalue weighted by molar-refractivity contribution is -0.152. The summed E-state index contributed by atoms with van der Waals surface area (Å²) in [6.45, 7) is 5.81. The van der Waals surface area contributed by atoms with Crippen LogP contribution in [0.5, 0.6) is 0 Å². The fourth-order valence-electron chi connectivity index (χ4n) is 1.88. The highest BCUT2D eigenvalue weighted by atomic mass is 16.5. The Hall–Kier alpha value is -1.87. The zero-order chi connectivity index (χ0) is 15.4. The second-order valence-corrected chi connectivity index (χ2v) is 4.15. The van der Waals surface area contributed by atoms with Gasteiger partial charge in [0.25, 0.3) is 0 Å². The third-order valence-electron chi connectivity index (χ3n) is 2.69. The number of rotatable bonds is 5. The Morgan fingerprint density at radius 1 is 1.60 bits per heavy atom. The molecule has 0 spiro atoms. The number of nitrogens with zero attached hydrogens (tertiary/aromatic N) is 2. The Balaban J connectivity index is 0.00000110. The van der Waals surface area contributed by atoms with Crippen LogP contribution in [0.4, 0.5) is 0 Å². The molecule has 1 amide bonds. The summed E-state index contributed by atoms with van der Waals surface area (Å²) in [6, 6.07) is 1.23. The van der Waals surface area contributed by atoms with Crippen molar-refractivity contribution in [2.45, 2.75) is 38.6 Å². The predicted octanol–water partition coefficient (Wildman–Crippen LogP) is 1.01. The molecule has 1 aliphatic heterocycles. The number of esters is 1. The second-order valence-electron chi connectivity index (χ2n) is 4.15. The van der Waals surface area contributed by atoms with Crippen molar-refractivity contribution in [1.82, 2.24) is 4.90 Å². The molecule has 1 saturated heterocycles. The number of aliphatic hydroxyl groups is 1. The Kier molecular flexibility index (Phi) is 9.97. The molecule has 6 nitrogen and oxygen atoms in total. The van der Waals surface area contributed by atoms with Gasteiger partial charge in [0.15, 0.2) is 6.61 Å². The van der Waals surface area contributed by atoms with Crippen LogP contribution in [0.2, 0.25) is 0 Å². The summed E-state index contributed by atoms with van der Waals surface area (Å²) in [5.41, 5.74) is 0. The highest BCUT2D eigenvalue weighted by Crippen LogP contribution is 2.19. The molecule has 0 aliphatic carbocycles. The Morgan fingerprint density at radius 3 is 2.80 bits per heavy atom. The van der Waals surface area contributed by atoms with E-state index >= 15 is 0 Å².